The van der Waals surface area contributed by atoms with Gasteiger partial charge < -0.3 is 4.74 Å². The van der Waals surface area contributed by atoms with Gasteiger partial charge in [0.1, 0.15) is 0 Å². The number of hydrogen-bond donors (Lipinski definition) is 0. The molecule has 1 aromatic rings. The number of nitro benzene ring substituents is 1. The summed E-state index contributed by atoms with van der Waals surface area (Å²) in [4.78, 5) is 20.9. The number of methoxy groups -OCH3 is 1. The fourth-order valence-corrected chi connectivity index (χ4v) is 1.00. The van der Waals surface area contributed by atoms with Gasteiger partial charge >= 0.3 is 5.97 Å². The van der Waals surface area contributed by atoms with Crippen molar-refractivity contribution in [1.29, 1.82) is 0 Å². The number of ether oxygens (including phenoxy) is 1. The highest BCUT2D eigenvalue weighted by atomic mass is 16.6. The first kappa shape index (κ1) is 10.2. The molecule has 0 aliphatic heterocycles. The summed E-state index contributed by atoms with van der Waals surface area (Å²) in [7, 11) is 1.24. The molecule has 0 aliphatic carbocycles. The lowest BCUT2D eigenvalue weighted by atomic mass is 10.1. The second kappa shape index (κ2) is 3.87. The molecular weight excluding hydrogens is 186 g/mol. The lowest BCUT2D eigenvalue weighted by Crippen LogP contribution is -2.04. The van der Waals surface area contributed by atoms with E-state index in [1.54, 1.807) is 0 Å². The van der Waals surface area contributed by atoms with Crippen LogP contribution in [0.4, 0.5) is 5.69 Å². The summed E-state index contributed by atoms with van der Waals surface area (Å²) in [5.41, 5.74) is 0.423. The molecule has 1 radical (unpaired) electrons. The lowest BCUT2D eigenvalue weighted by molar-refractivity contribution is -0.384. The molecule has 14 heavy (non-hydrogen) atoms. The maximum Gasteiger partial charge on any atom is 0.338 e. The van der Waals surface area contributed by atoms with Crippen LogP contribution in [0.2, 0.25) is 0 Å². The zero-order chi connectivity index (χ0) is 10.7. The quantitative estimate of drug-likeness (QED) is 0.407. The van der Waals surface area contributed by atoms with Crippen LogP contribution in [0.5, 0.6) is 0 Å². The first-order valence-corrected chi connectivity index (χ1v) is 3.75. The van der Waals surface area contributed by atoms with E-state index in [4.69, 9.17) is 0 Å². The normalized spacial score (nSPS) is 9.57. The van der Waals surface area contributed by atoms with Crippen molar-refractivity contribution in [3.63, 3.8) is 0 Å². The van der Waals surface area contributed by atoms with Crippen molar-refractivity contribution in [3.05, 3.63) is 46.4 Å². The molecule has 0 unspecified atom stereocenters. The molecule has 0 aromatic heterocycles. The Balaban J connectivity index is 3.14. The van der Waals surface area contributed by atoms with E-state index in [1.807, 2.05) is 0 Å². The Morgan fingerprint density at radius 3 is 2.64 bits per heavy atom. The Bertz CT molecular complexity index is 386. The summed E-state index contributed by atoms with van der Waals surface area (Å²) < 4.78 is 4.47. The predicted molar refractivity (Wildman–Crippen MR) is 48.9 cm³/mol. The second-order valence-electron chi connectivity index (χ2n) is 2.59. The topological polar surface area (TPSA) is 69.4 Å². The molecule has 5 nitrogen and oxygen atoms in total. The highest BCUT2D eigenvalue weighted by Gasteiger charge is 2.13. The fourth-order valence-electron chi connectivity index (χ4n) is 1.00. The summed E-state index contributed by atoms with van der Waals surface area (Å²) in [5.74, 6) is -0.551. The molecule has 0 saturated heterocycles. The Hall–Kier alpha value is -1.91. The minimum Gasteiger partial charge on any atom is -0.465 e. The summed E-state index contributed by atoms with van der Waals surface area (Å²) in [5, 5.41) is 10.4. The molecule has 0 heterocycles. The molecule has 0 amide bonds. The summed E-state index contributed by atoms with van der Waals surface area (Å²) >= 11 is 0. The van der Waals surface area contributed by atoms with Crippen LogP contribution in [0, 0.1) is 17.0 Å². The van der Waals surface area contributed by atoms with Crippen LogP contribution < -0.4 is 0 Å². The Morgan fingerprint density at radius 2 is 2.21 bits per heavy atom. The van der Waals surface area contributed by atoms with Gasteiger partial charge in [-0.1, -0.05) is 0 Å². The van der Waals surface area contributed by atoms with Crippen LogP contribution in [-0.2, 0) is 4.74 Å². The number of carbonyl (C=O) groups is 1. The Morgan fingerprint density at radius 1 is 1.57 bits per heavy atom. The molecule has 0 spiro atoms. The van der Waals surface area contributed by atoms with Gasteiger partial charge in [0.25, 0.3) is 5.69 Å². The number of benzene rings is 1. The highest BCUT2D eigenvalue weighted by Crippen LogP contribution is 2.17. The number of carbonyl (C=O) groups excluding carboxylic acids is 1. The zero-order valence-corrected chi connectivity index (χ0v) is 7.52. The van der Waals surface area contributed by atoms with Crippen molar-refractivity contribution in [1.82, 2.24) is 0 Å². The number of esters is 1. The fraction of sp³-hybridized carbons (Fsp3) is 0.111. The highest BCUT2D eigenvalue weighted by molar-refractivity contribution is 5.91. The van der Waals surface area contributed by atoms with Crippen molar-refractivity contribution in [2.45, 2.75) is 0 Å². The number of rotatable bonds is 2. The number of nitro groups is 1. The molecule has 0 N–H and O–H groups in total. The average molecular weight is 194 g/mol. The average Bonchev–Trinajstić information content (AvgIpc) is 2.16. The standard InChI is InChI=1S/C9H8NO4/c1-6-5-7(10(12)13)3-4-8(6)9(11)14-2/h3-5H,1H2,2H3. The van der Waals surface area contributed by atoms with Crippen molar-refractivity contribution < 1.29 is 14.5 Å². The third-order valence-corrected chi connectivity index (χ3v) is 1.70. The maximum absolute atomic E-state index is 11.1. The first-order valence-electron chi connectivity index (χ1n) is 3.75. The van der Waals surface area contributed by atoms with Gasteiger partial charge in [0.15, 0.2) is 0 Å². The van der Waals surface area contributed by atoms with E-state index in [1.165, 1.54) is 25.3 Å². The van der Waals surface area contributed by atoms with Gasteiger partial charge in [0.2, 0.25) is 0 Å². The lowest BCUT2D eigenvalue weighted by Gasteiger charge is -2.02. The van der Waals surface area contributed by atoms with Crippen molar-refractivity contribution in [3.8, 4) is 0 Å². The third-order valence-electron chi connectivity index (χ3n) is 1.70. The van der Waals surface area contributed by atoms with Gasteiger partial charge in [-0.05, 0) is 18.6 Å². The van der Waals surface area contributed by atoms with Crippen molar-refractivity contribution >= 4 is 11.7 Å². The van der Waals surface area contributed by atoms with Crippen molar-refractivity contribution in [2.24, 2.45) is 0 Å². The van der Waals surface area contributed by atoms with Crippen LogP contribution in [0.25, 0.3) is 0 Å². The van der Waals surface area contributed by atoms with Crippen LogP contribution in [-0.4, -0.2) is 18.0 Å². The van der Waals surface area contributed by atoms with E-state index < -0.39 is 10.9 Å². The molecule has 0 saturated carbocycles. The van der Waals surface area contributed by atoms with Gasteiger partial charge in [-0.3, -0.25) is 10.1 Å². The van der Waals surface area contributed by atoms with E-state index in [0.717, 1.165) is 0 Å². The molecule has 0 fully saturated rings. The third kappa shape index (κ3) is 1.87. The predicted octanol–water partition coefficient (Wildman–Crippen LogP) is 1.56. The smallest absolute Gasteiger partial charge is 0.338 e. The van der Waals surface area contributed by atoms with E-state index in [2.05, 4.69) is 11.7 Å². The molecule has 73 valence electrons. The SMILES string of the molecule is [CH2]c1cc([N+](=O)[O-])ccc1C(=O)OC. The van der Waals surface area contributed by atoms with Crippen LogP contribution >= 0.6 is 0 Å². The Kier molecular flexibility index (Phi) is 2.81. The van der Waals surface area contributed by atoms with E-state index in [0.29, 0.717) is 0 Å². The zero-order valence-electron chi connectivity index (χ0n) is 7.52. The van der Waals surface area contributed by atoms with E-state index in [-0.39, 0.29) is 16.8 Å². The van der Waals surface area contributed by atoms with E-state index >= 15 is 0 Å². The molecule has 0 atom stereocenters. The minimum absolute atomic E-state index is 0.0948. The van der Waals surface area contributed by atoms with Gasteiger partial charge in [-0.15, -0.1) is 0 Å². The molecule has 1 aromatic carbocycles. The number of hydrogen-bond acceptors (Lipinski definition) is 4. The van der Waals surface area contributed by atoms with Gasteiger partial charge in [-0.25, -0.2) is 4.79 Å². The second-order valence-corrected chi connectivity index (χ2v) is 2.59. The largest absolute Gasteiger partial charge is 0.465 e. The van der Waals surface area contributed by atoms with Gasteiger partial charge in [-0.2, -0.15) is 0 Å². The van der Waals surface area contributed by atoms with Crippen molar-refractivity contribution in [2.75, 3.05) is 7.11 Å². The number of nitrogens with zero attached hydrogens (tertiary/aromatic N) is 1. The molecule has 0 aliphatic rings. The molecular formula is C9H8NO4. The number of non-ortho nitro benzene ring substituents is 1. The summed E-state index contributed by atoms with van der Waals surface area (Å²) in [6.45, 7) is 3.53. The Labute approximate surface area is 80.5 Å². The minimum atomic E-state index is -0.551. The van der Waals surface area contributed by atoms with Crippen LogP contribution in [0.3, 0.4) is 0 Å². The van der Waals surface area contributed by atoms with Gasteiger partial charge in [0, 0.05) is 12.1 Å². The summed E-state index contributed by atoms with van der Waals surface area (Å²) in [6.07, 6.45) is 0. The summed E-state index contributed by atoms with van der Waals surface area (Å²) in [6, 6.07) is 3.79. The maximum atomic E-state index is 11.1. The first-order chi connectivity index (χ1) is 6.56. The van der Waals surface area contributed by atoms with Crippen LogP contribution in [0.15, 0.2) is 18.2 Å². The molecule has 5 heteroatoms. The molecule has 1 rings (SSSR count). The van der Waals surface area contributed by atoms with E-state index in [9.17, 15) is 14.9 Å². The van der Waals surface area contributed by atoms with Crippen LogP contribution in [0.1, 0.15) is 15.9 Å². The monoisotopic (exact) mass is 194 g/mol. The molecule has 0 bridgehead atoms. The van der Waals surface area contributed by atoms with Gasteiger partial charge in [0.05, 0.1) is 17.6 Å².